The fourth-order valence-corrected chi connectivity index (χ4v) is 2.72. The van der Waals surface area contributed by atoms with Gasteiger partial charge in [-0.1, -0.05) is 56.1 Å². The number of rotatable bonds is 5. The average Bonchev–Trinajstić information content (AvgIpc) is 2.49. The van der Waals surface area contributed by atoms with Crippen LogP contribution in [0.25, 0.3) is 0 Å². The van der Waals surface area contributed by atoms with Crippen LogP contribution in [-0.2, 0) is 11.8 Å². The molecule has 4 heteroatoms. The molecule has 0 aliphatic rings. The molecule has 0 aliphatic carbocycles. The van der Waals surface area contributed by atoms with Crippen molar-refractivity contribution in [3.63, 3.8) is 0 Å². The summed E-state index contributed by atoms with van der Waals surface area (Å²) in [5.41, 5.74) is 3.07. The Kier molecular flexibility index (Phi) is 6.00. The number of carbonyl (C=O) groups excluding carboxylic acids is 1. The summed E-state index contributed by atoms with van der Waals surface area (Å²) in [5, 5.41) is 3.83. The highest BCUT2D eigenvalue weighted by Crippen LogP contribution is 2.12. The van der Waals surface area contributed by atoms with E-state index in [1.807, 2.05) is 43.3 Å². The second-order valence-corrected chi connectivity index (χ2v) is 6.51. The third-order valence-electron chi connectivity index (χ3n) is 3.20. The van der Waals surface area contributed by atoms with E-state index in [0.29, 0.717) is 5.56 Å². The van der Waals surface area contributed by atoms with E-state index in [-0.39, 0.29) is 11.9 Å². The molecule has 0 aromatic heterocycles. The van der Waals surface area contributed by atoms with Gasteiger partial charge in [0.25, 0.3) is 5.91 Å². The maximum absolute atomic E-state index is 12.2. The normalized spacial score (nSPS) is 12.0. The lowest BCUT2D eigenvalue weighted by Gasteiger charge is -2.14. The number of amides is 1. The predicted octanol–water partition coefficient (Wildman–Crippen LogP) is 4.71. The molecule has 21 heavy (non-hydrogen) atoms. The first-order valence-electron chi connectivity index (χ1n) is 6.78. The molecule has 2 nitrogen and oxygen atoms in total. The maximum Gasteiger partial charge on any atom is 0.251 e. The van der Waals surface area contributed by atoms with Gasteiger partial charge in [0.1, 0.15) is 0 Å². The third-order valence-corrected chi connectivity index (χ3v) is 4.38. The molecule has 0 spiro atoms. The molecule has 0 saturated carbocycles. The van der Waals surface area contributed by atoms with Gasteiger partial charge in [-0.3, -0.25) is 4.79 Å². The van der Waals surface area contributed by atoms with Gasteiger partial charge in [0.05, 0.1) is 0 Å². The summed E-state index contributed by atoms with van der Waals surface area (Å²) in [6.45, 7) is 2.02. The van der Waals surface area contributed by atoms with Gasteiger partial charge in [0.2, 0.25) is 0 Å². The molecule has 1 atom stereocenters. The van der Waals surface area contributed by atoms with Crippen LogP contribution < -0.4 is 5.32 Å². The number of benzene rings is 2. The van der Waals surface area contributed by atoms with E-state index in [1.165, 1.54) is 5.56 Å². The van der Waals surface area contributed by atoms with Gasteiger partial charge < -0.3 is 5.32 Å². The number of halogens is 2. The Morgan fingerprint density at radius 3 is 2.19 bits per heavy atom. The van der Waals surface area contributed by atoms with Crippen molar-refractivity contribution in [3.8, 4) is 0 Å². The summed E-state index contributed by atoms with van der Waals surface area (Å²) in [7, 11) is 0. The van der Waals surface area contributed by atoms with Crippen LogP contribution in [0.5, 0.6) is 0 Å². The lowest BCUT2D eigenvalue weighted by molar-refractivity contribution is 0.0940. The zero-order chi connectivity index (χ0) is 15.2. The highest BCUT2D eigenvalue weighted by Gasteiger charge is 2.10. The number of hydrogen-bond donors (Lipinski definition) is 1. The molecule has 110 valence electrons. The first-order chi connectivity index (χ1) is 10.1. The van der Waals surface area contributed by atoms with Crippen molar-refractivity contribution in [3.05, 3.63) is 69.7 Å². The first kappa shape index (κ1) is 16.2. The molecule has 2 aromatic carbocycles. The standard InChI is InChI=1S/C17H17Br2NO/c1-12(10-13-4-8-16(19)9-5-13)20-17(21)15-6-2-14(11-18)3-7-15/h2-9,12H,10-11H2,1H3,(H,20,21). The quantitative estimate of drug-likeness (QED) is 0.710. The molecular formula is C17H17Br2NO. The van der Waals surface area contributed by atoms with E-state index in [1.54, 1.807) is 0 Å². The van der Waals surface area contributed by atoms with Crippen LogP contribution in [0.1, 0.15) is 28.4 Å². The largest absolute Gasteiger partial charge is 0.349 e. The Balaban J connectivity index is 1.93. The molecule has 0 bridgehead atoms. The van der Waals surface area contributed by atoms with Gasteiger partial charge in [-0.2, -0.15) is 0 Å². The van der Waals surface area contributed by atoms with Crippen LogP contribution >= 0.6 is 31.9 Å². The first-order valence-corrected chi connectivity index (χ1v) is 8.70. The molecule has 0 aliphatic heterocycles. The number of carbonyl (C=O) groups is 1. The monoisotopic (exact) mass is 409 g/mol. The Labute approximate surface area is 142 Å². The second kappa shape index (κ2) is 7.76. The van der Waals surface area contributed by atoms with E-state index >= 15 is 0 Å². The van der Waals surface area contributed by atoms with Crippen LogP contribution in [0.2, 0.25) is 0 Å². The highest BCUT2D eigenvalue weighted by atomic mass is 79.9. The van der Waals surface area contributed by atoms with Gasteiger partial charge in [-0.05, 0) is 48.7 Å². The lowest BCUT2D eigenvalue weighted by atomic mass is 10.1. The minimum atomic E-state index is -0.0271. The minimum absolute atomic E-state index is 0.0271. The summed E-state index contributed by atoms with van der Waals surface area (Å²) >= 11 is 6.82. The zero-order valence-corrected chi connectivity index (χ0v) is 14.9. The van der Waals surface area contributed by atoms with Crippen LogP contribution in [-0.4, -0.2) is 11.9 Å². The lowest BCUT2D eigenvalue weighted by Crippen LogP contribution is -2.34. The van der Waals surface area contributed by atoms with E-state index in [9.17, 15) is 4.79 Å². The Bertz CT molecular complexity index is 593. The maximum atomic E-state index is 12.2. The van der Waals surface area contributed by atoms with Crippen molar-refractivity contribution in [2.45, 2.75) is 24.7 Å². The van der Waals surface area contributed by atoms with Gasteiger partial charge in [0.15, 0.2) is 0 Å². The van der Waals surface area contributed by atoms with Crippen LogP contribution in [0.15, 0.2) is 53.0 Å². The summed E-state index contributed by atoms with van der Waals surface area (Å²) in [5.74, 6) is -0.0271. The minimum Gasteiger partial charge on any atom is -0.349 e. The molecule has 1 N–H and O–H groups in total. The van der Waals surface area contributed by atoms with Crippen molar-refractivity contribution in [1.82, 2.24) is 5.32 Å². The van der Waals surface area contributed by atoms with Crippen LogP contribution in [0.3, 0.4) is 0 Å². The fraction of sp³-hybridized carbons (Fsp3) is 0.235. The Morgan fingerprint density at radius 1 is 1.05 bits per heavy atom. The molecule has 2 aromatic rings. The zero-order valence-electron chi connectivity index (χ0n) is 11.8. The smallest absolute Gasteiger partial charge is 0.251 e. The van der Waals surface area contributed by atoms with Crippen LogP contribution in [0.4, 0.5) is 0 Å². The number of nitrogens with one attached hydrogen (secondary N) is 1. The second-order valence-electron chi connectivity index (χ2n) is 5.04. The van der Waals surface area contributed by atoms with Crippen molar-refractivity contribution in [2.75, 3.05) is 0 Å². The van der Waals surface area contributed by atoms with E-state index in [2.05, 4.69) is 49.3 Å². The Morgan fingerprint density at radius 2 is 1.62 bits per heavy atom. The SMILES string of the molecule is CC(Cc1ccc(Br)cc1)NC(=O)c1ccc(CBr)cc1. The van der Waals surface area contributed by atoms with Gasteiger partial charge in [-0.25, -0.2) is 0 Å². The summed E-state index contributed by atoms with van der Waals surface area (Å²) in [6, 6.07) is 15.9. The Hall–Kier alpha value is -1.13. The molecule has 0 radical (unpaired) electrons. The average molecular weight is 411 g/mol. The van der Waals surface area contributed by atoms with Crippen molar-refractivity contribution in [2.24, 2.45) is 0 Å². The molecule has 1 amide bonds. The predicted molar refractivity (Wildman–Crippen MR) is 93.8 cm³/mol. The topological polar surface area (TPSA) is 29.1 Å². The summed E-state index contributed by atoms with van der Waals surface area (Å²) in [6.07, 6.45) is 0.818. The van der Waals surface area contributed by atoms with Crippen LogP contribution in [0, 0.1) is 0 Å². The van der Waals surface area contributed by atoms with Crippen molar-refractivity contribution < 1.29 is 4.79 Å². The van der Waals surface area contributed by atoms with E-state index < -0.39 is 0 Å². The van der Waals surface area contributed by atoms with Gasteiger partial charge in [-0.15, -0.1) is 0 Å². The molecule has 2 rings (SSSR count). The molecule has 1 unspecified atom stereocenters. The van der Waals surface area contributed by atoms with Gasteiger partial charge >= 0.3 is 0 Å². The molecule has 0 saturated heterocycles. The molecular weight excluding hydrogens is 394 g/mol. The summed E-state index contributed by atoms with van der Waals surface area (Å²) in [4.78, 5) is 12.2. The van der Waals surface area contributed by atoms with Gasteiger partial charge in [0, 0.05) is 21.4 Å². The number of alkyl halides is 1. The third kappa shape index (κ3) is 4.97. The van der Waals surface area contributed by atoms with E-state index in [4.69, 9.17) is 0 Å². The molecule has 0 heterocycles. The molecule has 0 fully saturated rings. The number of hydrogen-bond acceptors (Lipinski definition) is 1. The van der Waals surface area contributed by atoms with E-state index in [0.717, 1.165) is 21.8 Å². The fourth-order valence-electron chi connectivity index (χ4n) is 2.08. The summed E-state index contributed by atoms with van der Waals surface area (Å²) < 4.78 is 1.06. The van der Waals surface area contributed by atoms with Crippen molar-refractivity contribution in [1.29, 1.82) is 0 Å². The highest BCUT2D eigenvalue weighted by molar-refractivity contribution is 9.10. The van der Waals surface area contributed by atoms with Crippen molar-refractivity contribution >= 4 is 37.8 Å².